The fourth-order valence-electron chi connectivity index (χ4n) is 5.32. The van der Waals surface area contributed by atoms with Gasteiger partial charge in [0, 0.05) is 22.7 Å². The highest BCUT2D eigenvalue weighted by molar-refractivity contribution is 6.30. The van der Waals surface area contributed by atoms with Crippen LogP contribution in [0.3, 0.4) is 0 Å². The number of carbonyl (C=O) groups excluding carboxylic acids is 2. The van der Waals surface area contributed by atoms with Gasteiger partial charge in [-0.05, 0) is 85.7 Å². The maximum absolute atomic E-state index is 12.7. The van der Waals surface area contributed by atoms with Crippen molar-refractivity contribution in [1.29, 1.82) is 0 Å². The molecule has 0 unspecified atom stereocenters. The van der Waals surface area contributed by atoms with E-state index in [1.54, 1.807) is 29.8 Å². The highest BCUT2D eigenvalue weighted by atomic mass is 35.5. The zero-order valence-electron chi connectivity index (χ0n) is 22.7. The summed E-state index contributed by atoms with van der Waals surface area (Å²) in [7, 11) is 0. The molecule has 1 fully saturated rings. The van der Waals surface area contributed by atoms with Crippen LogP contribution >= 0.6 is 11.6 Å². The van der Waals surface area contributed by atoms with Gasteiger partial charge in [-0.15, -0.1) is 0 Å². The van der Waals surface area contributed by atoms with Crippen LogP contribution < -0.4 is 5.32 Å². The van der Waals surface area contributed by atoms with E-state index < -0.39 is 5.97 Å². The average molecular weight is 556 g/mol. The number of aromatic nitrogens is 2. The molecule has 5 rings (SSSR count). The second-order valence-corrected chi connectivity index (χ2v) is 10.6. The molecule has 40 heavy (non-hydrogen) atoms. The summed E-state index contributed by atoms with van der Waals surface area (Å²) in [6.45, 7) is 2.56. The Balaban J connectivity index is 1.34. The van der Waals surface area contributed by atoms with Crippen LogP contribution in [0.15, 0.2) is 78.9 Å². The van der Waals surface area contributed by atoms with E-state index in [0.717, 1.165) is 22.5 Å². The predicted molar refractivity (Wildman–Crippen MR) is 158 cm³/mol. The Morgan fingerprint density at radius 2 is 1.73 bits per heavy atom. The number of nitrogens with zero attached hydrogens (tertiary/aromatic N) is 2. The molecule has 1 amide bonds. The second kappa shape index (κ2) is 13.0. The molecule has 206 valence electrons. The van der Waals surface area contributed by atoms with Gasteiger partial charge in [0.15, 0.2) is 5.69 Å². The lowest BCUT2D eigenvalue weighted by Crippen LogP contribution is -2.25. The number of hydrogen-bond acceptors (Lipinski definition) is 4. The van der Waals surface area contributed by atoms with E-state index in [1.165, 1.54) is 37.7 Å². The van der Waals surface area contributed by atoms with Gasteiger partial charge in [0.1, 0.15) is 0 Å². The van der Waals surface area contributed by atoms with Crippen molar-refractivity contribution in [2.45, 2.75) is 51.4 Å². The van der Waals surface area contributed by atoms with Gasteiger partial charge in [-0.2, -0.15) is 5.10 Å². The molecule has 1 N–H and O–H groups in total. The number of carbonyl (C=O) groups is 2. The lowest BCUT2D eigenvalue weighted by Gasteiger charge is -2.22. The third kappa shape index (κ3) is 6.62. The normalized spacial score (nSPS) is 13.7. The molecule has 1 aliphatic rings. The molecule has 1 aliphatic carbocycles. The molecule has 1 heterocycles. The standard InChI is InChI=1S/C33H34ClN3O3/c1-2-40-33(39)30-22-31(26-13-11-25(12-14-26)24-8-4-3-5-9-24)37(36-30)29-17-15-27(16-18-29)32(38)35-20-19-23-7-6-10-28(34)21-23/h6-7,10-18,21-22,24H,2-5,8-9,19-20H2,1H3,(H,35,38). The van der Waals surface area contributed by atoms with Crippen molar-refractivity contribution < 1.29 is 14.3 Å². The number of amides is 1. The fourth-order valence-corrected chi connectivity index (χ4v) is 5.53. The highest BCUT2D eigenvalue weighted by Gasteiger charge is 2.20. The summed E-state index contributed by atoms with van der Waals surface area (Å²) in [5.41, 5.74) is 5.73. The molecule has 4 aromatic rings. The number of nitrogens with one attached hydrogen (secondary N) is 1. The van der Waals surface area contributed by atoms with Crippen LogP contribution in [0.25, 0.3) is 16.9 Å². The first-order chi connectivity index (χ1) is 19.5. The fraction of sp³-hybridized carbons (Fsp3) is 0.303. The number of halogens is 1. The second-order valence-electron chi connectivity index (χ2n) is 10.2. The van der Waals surface area contributed by atoms with E-state index in [2.05, 4.69) is 34.7 Å². The third-order valence-corrected chi connectivity index (χ3v) is 7.67. The molecule has 0 spiro atoms. The van der Waals surface area contributed by atoms with Crippen molar-refractivity contribution in [3.05, 3.63) is 106 Å². The van der Waals surface area contributed by atoms with Gasteiger partial charge in [0.25, 0.3) is 5.91 Å². The largest absolute Gasteiger partial charge is 0.461 e. The minimum Gasteiger partial charge on any atom is -0.461 e. The Morgan fingerprint density at radius 1 is 0.975 bits per heavy atom. The molecular formula is C33H34ClN3O3. The van der Waals surface area contributed by atoms with Crippen LogP contribution in [0.2, 0.25) is 5.02 Å². The third-order valence-electron chi connectivity index (χ3n) is 7.44. The predicted octanol–water partition coefficient (Wildman–Crippen LogP) is 7.39. The van der Waals surface area contributed by atoms with Crippen molar-refractivity contribution in [1.82, 2.24) is 15.1 Å². The Labute approximate surface area is 240 Å². The minimum atomic E-state index is -0.461. The minimum absolute atomic E-state index is 0.153. The number of esters is 1. The van der Waals surface area contributed by atoms with Crippen LogP contribution in [0.4, 0.5) is 0 Å². The highest BCUT2D eigenvalue weighted by Crippen LogP contribution is 2.34. The molecule has 0 bridgehead atoms. The maximum atomic E-state index is 12.7. The molecule has 0 aliphatic heterocycles. The summed E-state index contributed by atoms with van der Waals surface area (Å²) in [6, 6.07) is 25.2. The van der Waals surface area contributed by atoms with E-state index in [9.17, 15) is 9.59 Å². The molecule has 7 heteroatoms. The Hall–Kier alpha value is -3.90. The summed E-state index contributed by atoms with van der Waals surface area (Å²) >= 11 is 6.05. The van der Waals surface area contributed by atoms with Crippen molar-refractivity contribution in [2.75, 3.05) is 13.2 Å². The molecule has 0 atom stereocenters. The summed E-state index contributed by atoms with van der Waals surface area (Å²) in [6.07, 6.45) is 7.08. The van der Waals surface area contributed by atoms with Crippen LogP contribution in [0.5, 0.6) is 0 Å². The average Bonchev–Trinajstić information content (AvgIpc) is 3.44. The van der Waals surface area contributed by atoms with Gasteiger partial charge >= 0.3 is 5.97 Å². The van der Waals surface area contributed by atoms with Crippen LogP contribution in [0.1, 0.15) is 76.9 Å². The van der Waals surface area contributed by atoms with Gasteiger partial charge in [-0.3, -0.25) is 4.79 Å². The molecule has 0 saturated heterocycles. The molecule has 1 aromatic heterocycles. The number of ether oxygens (including phenoxy) is 1. The zero-order chi connectivity index (χ0) is 27.9. The van der Waals surface area contributed by atoms with E-state index in [-0.39, 0.29) is 18.2 Å². The number of rotatable bonds is 9. The van der Waals surface area contributed by atoms with Gasteiger partial charge in [0.2, 0.25) is 0 Å². The quantitative estimate of drug-likeness (QED) is 0.218. The molecule has 6 nitrogen and oxygen atoms in total. The first kappa shape index (κ1) is 27.7. The zero-order valence-corrected chi connectivity index (χ0v) is 23.5. The molecule has 0 radical (unpaired) electrons. The van der Waals surface area contributed by atoms with Crippen molar-refractivity contribution in [3.63, 3.8) is 0 Å². The Morgan fingerprint density at radius 3 is 2.42 bits per heavy atom. The Kier molecular flexibility index (Phi) is 8.97. The first-order valence-corrected chi connectivity index (χ1v) is 14.4. The van der Waals surface area contributed by atoms with E-state index in [1.807, 2.05) is 36.4 Å². The summed E-state index contributed by atoms with van der Waals surface area (Å²) in [5.74, 6) is 0.00352. The van der Waals surface area contributed by atoms with Gasteiger partial charge in [-0.1, -0.05) is 67.3 Å². The van der Waals surface area contributed by atoms with Crippen molar-refractivity contribution in [3.8, 4) is 16.9 Å². The molecular weight excluding hydrogens is 522 g/mol. The maximum Gasteiger partial charge on any atom is 0.358 e. The number of benzene rings is 3. The van der Waals surface area contributed by atoms with Crippen molar-refractivity contribution in [2.24, 2.45) is 0 Å². The van der Waals surface area contributed by atoms with Gasteiger partial charge in [-0.25, -0.2) is 9.48 Å². The van der Waals surface area contributed by atoms with E-state index in [0.29, 0.717) is 29.5 Å². The lowest BCUT2D eigenvalue weighted by atomic mass is 9.84. The van der Waals surface area contributed by atoms with E-state index in [4.69, 9.17) is 16.3 Å². The van der Waals surface area contributed by atoms with Crippen LogP contribution in [0, 0.1) is 0 Å². The van der Waals surface area contributed by atoms with E-state index >= 15 is 0 Å². The molecule has 3 aromatic carbocycles. The number of hydrogen-bond donors (Lipinski definition) is 1. The topological polar surface area (TPSA) is 73.2 Å². The van der Waals surface area contributed by atoms with Crippen LogP contribution in [-0.4, -0.2) is 34.8 Å². The van der Waals surface area contributed by atoms with Gasteiger partial charge < -0.3 is 10.1 Å². The van der Waals surface area contributed by atoms with Crippen molar-refractivity contribution >= 4 is 23.5 Å². The molecule has 1 saturated carbocycles. The first-order valence-electron chi connectivity index (χ1n) is 14.0. The lowest BCUT2D eigenvalue weighted by molar-refractivity contribution is 0.0518. The SMILES string of the molecule is CCOC(=O)c1cc(-c2ccc(C3CCCCC3)cc2)n(-c2ccc(C(=O)NCCc3cccc(Cl)c3)cc2)n1. The van der Waals surface area contributed by atoms with Gasteiger partial charge in [0.05, 0.1) is 18.0 Å². The van der Waals surface area contributed by atoms with Crippen LogP contribution in [-0.2, 0) is 11.2 Å². The summed E-state index contributed by atoms with van der Waals surface area (Å²) in [4.78, 5) is 25.3. The smallest absolute Gasteiger partial charge is 0.358 e. The summed E-state index contributed by atoms with van der Waals surface area (Å²) < 4.78 is 6.96. The Bertz CT molecular complexity index is 1460. The summed E-state index contributed by atoms with van der Waals surface area (Å²) in [5, 5.41) is 8.23. The monoisotopic (exact) mass is 555 g/mol.